The zero-order chi connectivity index (χ0) is 27.0. The smallest absolute Gasteiger partial charge is 0.234 e. The van der Waals surface area contributed by atoms with Crippen LogP contribution in [0.3, 0.4) is 0 Å². The number of hydrogen-bond donors (Lipinski definition) is 0. The predicted octanol–water partition coefficient (Wildman–Crippen LogP) is 6.55. The quantitative estimate of drug-likeness (QED) is 0.214. The van der Waals surface area contributed by atoms with Gasteiger partial charge in [-0.05, 0) is 0 Å². The zero-order valence-corrected chi connectivity index (χ0v) is 14.5. The molecule has 0 saturated carbocycles. The van der Waals surface area contributed by atoms with Crippen molar-refractivity contribution in [2.24, 2.45) is 0 Å². The summed E-state index contributed by atoms with van der Waals surface area (Å²) in [5, 5.41) is 0. The third-order valence-electron chi connectivity index (χ3n) is 4.29. The lowest BCUT2D eigenvalue weighted by atomic mass is 9.88. The van der Waals surface area contributed by atoms with Crippen LogP contribution in [0.1, 0.15) is 0 Å². The molecule has 0 fully saturated rings. The van der Waals surface area contributed by atoms with Gasteiger partial charge in [0.2, 0.25) is 0 Å². The van der Waals surface area contributed by atoms with E-state index >= 15 is 0 Å². The van der Waals surface area contributed by atoms with Gasteiger partial charge in [0.05, 0.1) is 14.1 Å². The molecule has 0 heterocycles. The van der Waals surface area contributed by atoms with Gasteiger partial charge < -0.3 is 0 Å². The molecule has 0 aromatic heterocycles. The lowest BCUT2D eigenvalue weighted by Crippen LogP contribution is -2.87. The molecule has 194 valence electrons. The van der Waals surface area contributed by atoms with E-state index in [1.807, 2.05) is 0 Å². The van der Waals surface area contributed by atoms with Crippen molar-refractivity contribution in [3.8, 4) is 0 Å². The summed E-state index contributed by atoms with van der Waals surface area (Å²) in [4.78, 5) is 0. The molecule has 0 aliphatic rings. The Kier molecular flexibility index (Phi) is 6.71. The molecule has 0 atom stereocenters. The van der Waals surface area contributed by atoms with Gasteiger partial charge in [-0.2, -0.15) is 79.0 Å². The molecule has 32 heavy (non-hydrogen) atoms. The Morgan fingerprint density at radius 2 is 0.594 bits per heavy atom. The van der Waals surface area contributed by atoms with E-state index in [-0.39, 0.29) is 0 Å². The Bertz CT molecular complexity index is 648. The van der Waals surface area contributed by atoms with Gasteiger partial charge in [-0.3, -0.25) is 0 Å². The Morgan fingerprint density at radius 1 is 0.344 bits per heavy atom. The number of rotatable bonds is 5. The number of hydrogen-bond acceptors (Lipinski definition) is 0. The standard InChI is InChI=1S/C11H6F20N/c1-32(2,3(7(18,19)20,8(21,22)23)9(24,25)26)11(30,31)6(16,17)4(12,13)5(14,15)10(27,28)29/h1-2H3/q+1. The number of nitrogens with zero attached hydrogens (tertiary/aromatic N) is 1. The lowest BCUT2D eigenvalue weighted by molar-refractivity contribution is -1.06. The van der Waals surface area contributed by atoms with Crippen LogP contribution in [-0.2, 0) is 0 Å². The molecule has 0 aromatic carbocycles. The van der Waals surface area contributed by atoms with Crippen molar-refractivity contribution in [3.05, 3.63) is 0 Å². The Hall–Kier alpha value is -1.44. The zero-order valence-electron chi connectivity index (χ0n) is 14.5. The van der Waals surface area contributed by atoms with Crippen LogP contribution in [0.15, 0.2) is 0 Å². The summed E-state index contributed by atoms with van der Waals surface area (Å²) in [5.41, 5.74) is -8.08. The first-order valence-corrected chi connectivity index (χ1v) is 6.87. The van der Waals surface area contributed by atoms with Crippen LogP contribution in [0.25, 0.3) is 0 Å². The van der Waals surface area contributed by atoms with Crippen LogP contribution in [0.5, 0.6) is 0 Å². The van der Waals surface area contributed by atoms with E-state index in [0.717, 1.165) is 0 Å². The van der Waals surface area contributed by atoms with E-state index < -0.39 is 72.6 Å². The summed E-state index contributed by atoms with van der Waals surface area (Å²) < 4.78 is 254. The van der Waals surface area contributed by atoms with Crippen molar-refractivity contribution in [2.45, 2.75) is 54.1 Å². The first-order valence-electron chi connectivity index (χ1n) is 6.87. The van der Waals surface area contributed by atoms with E-state index in [2.05, 4.69) is 0 Å². The molecular weight excluding hydrogens is 526 g/mol. The van der Waals surface area contributed by atoms with Crippen LogP contribution in [0.4, 0.5) is 87.8 Å². The third-order valence-corrected chi connectivity index (χ3v) is 4.29. The Labute approximate surface area is 162 Å². The molecule has 0 bridgehead atoms. The molecule has 0 amide bonds. The highest BCUT2D eigenvalue weighted by Gasteiger charge is 3.00. The summed E-state index contributed by atoms with van der Waals surface area (Å²) >= 11 is 0. The van der Waals surface area contributed by atoms with Crippen LogP contribution < -0.4 is 0 Å². The fourth-order valence-corrected chi connectivity index (χ4v) is 2.56. The van der Waals surface area contributed by atoms with Crippen molar-refractivity contribution in [3.63, 3.8) is 0 Å². The van der Waals surface area contributed by atoms with Crippen molar-refractivity contribution < 1.29 is 92.3 Å². The van der Waals surface area contributed by atoms with Crippen molar-refractivity contribution in [2.75, 3.05) is 14.1 Å². The lowest BCUT2D eigenvalue weighted by Gasteiger charge is -2.53. The molecule has 21 heteroatoms. The summed E-state index contributed by atoms with van der Waals surface area (Å²) in [7, 11) is -3.41. The topological polar surface area (TPSA) is 0 Å². The molecule has 0 aliphatic heterocycles. The summed E-state index contributed by atoms with van der Waals surface area (Å²) in [6.07, 6.45) is -32.2. The highest BCUT2D eigenvalue weighted by molar-refractivity contribution is 5.08. The average molecular weight is 532 g/mol. The predicted molar refractivity (Wildman–Crippen MR) is 58.8 cm³/mol. The minimum atomic E-state index is -8.59. The second kappa shape index (κ2) is 7.03. The molecule has 0 unspecified atom stereocenters. The van der Waals surface area contributed by atoms with Gasteiger partial charge in [-0.25, -0.2) is 4.48 Å². The minimum Gasteiger partial charge on any atom is -0.234 e. The van der Waals surface area contributed by atoms with Crippen LogP contribution in [0, 0.1) is 0 Å². The maximum absolute atomic E-state index is 14.0. The molecule has 0 saturated heterocycles. The highest BCUT2D eigenvalue weighted by Crippen LogP contribution is 2.65. The number of halogens is 20. The number of quaternary nitrogens is 1. The minimum absolute atomic E-state index is 1.70. The summed E-state index contributed by atoms with van der Waals surface area (Å²) in [5.74, 6) is -25.4. The van der Waals surface area contributed by atoms with Crippen molar-refractivity contribution in [1.29, 1.82) is 0 Å². The van der Waals surface area contributed by atoms with Crippen molar-refractivity contribution in [1.82, 2.24) is 0 Å². The van der Waals surface area contributed by atoms with E-state index in [0.29, 0.717) is 0 Å². The Balaban J connectivity index is 7.57. The molecule has 0 spiro atoms. The SMILES string of the molecule is C[N+](C)(C(F)(F)C(F)(F)C(F)(F)C(F)(F)C(F)(F)F)C(C(F)(F)F)(C(F)(F)F)C(F)(F)F. The van der Waals surface area contributed by atoms with Gasteiger partial charge in [-0.1, -0.05) is 0 Å². The molecule has 0 N–H and O–H groups in total. The fraction of sp³-hybridized carbons (Fsp3) is 1.00. The second-order valence-corrected chi connectivity index (χ2v) is 6.42. The van der Waals surface area contributed by atoms with Crippen LogP contribution >= 0.6 is 0 Å². The molecule has 0 radical (unpaired) electrons. The van der Waals surface area contributed by atoms with Gasteiger partial charge in [0.15, 0.2) is 0 Å². The number of alkyl halides is 20. The summed E-state index contributed by atoms with van der Waals surface area (Å²) in [6.45, 7) is 0. The first-order chi connectivity index (χ1) is 13.2. The maximum Gasteiger partial charge on any atom is 0.464 e. The first kappa shape index (κ1) is 30.6. The maximum atomic E-state index is 14.0. The van der Waals surface area contributed by atoms with Gasteiger partial charge in [0.1, 0.15) is 0 Å². The second-order valence-electron chi connectivity index (χ2n) is 6.42. The summed E-state index contributed by atoms with van der Waals surface area (Å²) in [6, 6.07) is -8.23. The molecule has 0 aromatic rings. The van der Waals surface area contributed by atoms with Crippen LogP contribution in [0.2, 0.25) is 0 Å². The van der Waals surface area contributed by atoms with Gasteiger partial charge in [-0.15, -0.1) is 8.78 Å². The normalized spacial score (nSPS) is 17.1. The van der Waals surface area contributed by atoms with E-state index in [1.165, 1.54) is 0 Å². The Morgan fingerprint density at radius 3 is 0.781 bits per heavy atom. The monoisotopic (exact) mass is 532 g/mol. The highest BCUT2D eigenvalue weighted by atomic mass is 19.4. The van der Waals surface area contributed by atoms with Gasteiger partial charge in [0.25, 0.3) is 0 Å². The average Bonchev–Trinajstić information content (AvgIpc) is 2.39. The van der Waals surface area contributed by atoms with Crippen molar-refractivity contribution >= 4 is 0 Å². The molecule has 1 nitrogen and oxygen atoms in total. The van der Waals surface area contributed by atoms with E-state index in [4.69, 9.17) is 0 Å². The fourth-order valence-electron chi connectivity index (χ4n) is 2.56. The molecule has 0 rings (SSSR count). The largest absolute Gasteiger partial charge is 0.464 e. The van der Waals surface area contributed by atoms with Crippen LogP contribution in [-0.4, -0.2) is 72.6 Å². The van der Waals surface area contributed by atoms with Gasteiger partial charge in [0, 0.05) is 0 Å². The van der Waals surface area contributed by atoms with Gasteiger partial charge >= 0.3 is 54.1 Å². The third kappa shape index (κ3) is 3.43. The van der Waals surface area contributed by atoms with E-state index in [1.54, 1.807) is 0 Å². The van der Waals surface area contributed by atoms with E-state index in [9.17, 15) is 87.8 Å². The molecule has 0 aliphatic carbocycles. The molecular formula is C11H6F20N+.